The van der Waals surface area contributed by atoms with E-state index < -0.39 is 6.43 Å². The Labute approximate surface area is 107 Å². The van der Waals surface area contributed by atoms with Crippen LogP contribution >= 0.6 is 15.9 Å². The Bertz CT molecular complexity index is 394. The first-order valence-electron chi connectivity index (χ1n) is 5.20. The molecule has 0 heterocycles. The Morgan fingerprint density at radius 1 is 1.47 bits per heavy atom. The van der Waals surface area contributed by atoms with Crippen molar-refractivity contribution in [2.24, 2.45) is 0 Å². The van der Waals surface area contributed by atoms with Crippen LogP contribution in [-0.2, 0) is 11.2 Å². The van der Waals surface area contributed by atoms with Crippen molar-refractivity contribution in [2.75, 3.05) is 11.9 Å². The number of halogens is 3. The minimum absolute atomic E-state index is 0.0719. The molecule has 94 valence electrons. The van der Waals surface area contributed by atoms with Crippen molar-refractivity contribution in [3.8, 4) is 5.75 Å². The summed E-state index contributed by atoms with van der Waals surface area (Å²) in [6.07, 6.45) is -2.50. The number of para-hydroxylation sites is 1. The SMILES string of the molecule is CCOc1c(CC(=O)CBr)cccc1C(F)F. The van der Waals surface area contributed by atoms with Crippen LogP contribution in [0.25, 0.3) is 0 Å². The molecular formula is C12H13BrF2O2. The number of rotatable bonds is 6. The third-order valence-corrected chi connectivity index (χ3v) is 2.81. The van der Waals surface area contributed by atoms with Gasteiger partial charge in [0.25, 0.3) is 6.43 Å². The molecular weight excluding hydrogens is 294 g/mol. The maximum Gasteiger partial charge on any atom is 0.267 e. The van der Waals surface area contributed by atoms with Crippen LogP contribution in [0, 0.1) is 0 Å². The number of alkyl halides is 3. The van der Waals surface area contributed by atoms with E-state index in [1.165, 1.54) is 12.1 Å². The van der Waals surface area contributed by atoms with Crippen LogP contribution in [0.2, 0.25) is 0 Å². The highest BCUT2D eigenvalue weighted by Crippen LogP contribution is 2.32. The van der Waals surface area contributed by atoms with Crippen molar-refractivity contribution < 1.29 is 18.3 Å². The van der Waals surface area contributed by atoms with Crippen LogP contribution in [0.4, 0.5) is 8.78 Å². The van der Waals surface area contributed by atoms with E-state index in [1.54, 1.807) is 13.0 Å². The fourth-order valence-corrected chi connectivity index (χ4v) is 1.69. The van der Waals surface area contributed by atoms with Crippen LogP contribution < -0.4 is 4.74 Å². The molecule has 0 saturated carbocycles. The Hall–Kier alpha value is -0.970. The van der Waals surface area contributed by atoms with Gasteiger partial charge in [-0.2, -0.15) is 0 Å². The van der Waals surface area contributed by atoms with Crippen LogP contribution in [-0.4, -0.2) is 17.7 Å². The molecule has 0 atom stereocenters. The standard InChI is InChI=1S/C12H13BrF2O2/c1-2-17-11-8(6-9(16)7-13)4-3-5-10(11)12(14)15/h3-5,12H,2,6-7H2,1H3. The number of benzene rings is 1. The molecule has 0 bridgehead atoms. The third-order valence-electron chi connectivity index (χ3n) is 2.19. The van der Waals surface area contributed by atoms with Gasteiger partial charge in [-0.25, -0.2) is 8.78 Å². The first kappa shape index (κ1) is 14.1. The largest absolute Gasteiger partial charge is 0.493 e. The maximum absolute atomic E-state index is 12.8. The van der Waals surface area contributed by atoms with Gasteiger partial charge in [-0.15, -0.1) is 0 Å². The molecule has 0 spiro atoms. The zero-order valence-electron chi connectivity index (χ0n) is 9.38. The fourth-order valence-electron chi connectivity index (χ4n) is 1.50. The second kappa shape index (κ2) is 6.69. The Morgan fingerprint density at radius 2 is 2.18 bits per heavy atom. The second-order valence-electron chi connectivity index (χ2n) is 3.42. The number of hydrogen-bond acceptors (Lipinski definition) is 2. The molecule has 0 N–H and O–H groups in total. The monoisotopic (exact) mass is 306 g/mol. The Kier molecular flexibility index (Phi) is 5.55. The smallest absolute Gasteiger partial charge is 0.267 e. The van der Waals surface area contributed by atoms with Gasteiger partial charge in [-0.05, 0) is 13.0 Å². The van der Waals surface area contributed by atoms with E-state index in [9.17, 15) is 13.6 Å². The number of Topliss-reactive ketones (excluding diaryl/α,β-unsaturated/α-hetero) is 1. The van der Waals surface area contributed by atoms with Gasteiger partial charge in [0, 0.05) is 12.0 Å². The van der Waals surface area contributed by atoms with Gasteiger partial charge < -0.3 is 4.74 Å². The molecule has 0 fully saturated rings. The van der Waals surface area contributed by atoms with Crippen LogP contribution in [0.3, 0.4) is 0 Å². The van der Waals surface area contributed by atoms with Gasteiger partial charge in [0.1, 0.15) is 11.5 Å². The predicted octanol–water partition coefficient (Wildman–Crippen LogP) is 3.53. The molecule has 0 aliphatic rings. The molecule has 1 aromatic rings. The lowest BCUT2D eigenvalue weighted by Gasteiger charge is -2.14. The summed E-state index contributed by atoms with van der Waals surface area (Å²) in [4.78, 5) is 11.3. The highest BCUT2D eigenvalue weighted by molar-refractivity contribution is 9.09. The van der Waals surface area contributed by atoms with E-state index in [1.807, 2.05) is 0 Å². The van der Waals surface area contributed by atoms with Crippen molar-refractivity contribution in [3.05, 3.63) is 29.3 Å². The van der Waals surface area contributed by atoms with Crippen molar-refractivity contribution in [1.82, 2.24) is 0 Å². The fraction of sp³-hybridized carbons (Fsp3) is 0.417. The summed E-state index contributed by atoms with van der Waals surface area (Å²) in [5.74, 6) is 0.0664. The molecule has 1 rings (SSSR count). The van der Waals surface area contributed by atoms with E-state index in [4.69, 9.17) is 4.74 Å². The van der Waals surface area contributed by atoms with Gasteiger partial charge in [-0.1, -0.05) is 28.1 Å². The summed E-state index contributed by atoms with van der Waals surface area (Å²) in [6, 6.07) is 4.47. The summed E-state index contributed by atoms with van der Waals surface area (Å²) in [5, 5.41) is 0.206. The van der Waals surface area contributed by atoms with Gasteiger partial charge >= 0.3 is 0 Å². The molecule has 1 aromatic carbocycles. The number of ether oxygens (including phenoxy) is 1. The molecule has 0 radical (unpaired) electrons. The van der Waals surface area contributed by atoms with Crippen LogP contribution in [0.1, 0.15) is 24.5 Å². The number of carbonyl (C=O) groups is 1. The summed E-state index contributed by atoms with van der Waals surface area (Å²) in [7, 11) is 0. The quantitative estimate of drug-likeness (QED) is 0.752. The number of hydrogen-bond donors (Lipinski definition) is 0. The highest BCUT2D eigenvalue weighted by Gasteiger charge is 2.18. The third kappa shape index (κ3) is 3.77. The predicted molar refractivity (Wildman–Crippen MR) is 65.1 cm³/mol. The zero-order valence-corrected chi connectivity index (χ0v) is 11.0. The van der Waals surface area contributed by atoms with E-state index in [-0.39, 0.29) is 28.8 Å². The zero-order chi connectivity index (χ0) is 12.8. The normalized spacial score (nSPS) is 10.6. The van der Waals surface area contributed by atoms with Gasteiger partial charge in [0.2, 0.25) is 0 Å². The summed E-state index contributed by atoms with van der Waals surface area (Å²) < 4.78 is 30.8. The Balaban J connectivity index is 3.10. The van der Waals surface area contributed by atoms with Crippen molar-refractivity contribution in [1.29, 1.82) is 0 Å². The minimum Gasteiger partial charge on any atom is -0.493 e. The lowest BCUT2D eigenvalue weighted by atomic mass is 10.0. The molecule has 0 aliphatic heterocycles. The summed E-state index contributed by atoms with van der Waals surface area (Å²) in [5.41, 5.74) is 0.348. The molecule has 0 aromatic heterocycles. The summed E-state index contributed by atoms with van der Waals surface area (Å²) >= 11 is 3.04. The van der Waals surface area contributed by atoms with Crippen molar-refractivity contribution >= 4 is 21.7 Å². The topological polar surface area (TPSA) is 26.3 Å². The van der Waals surface area contributed by atoms with Crippen molar-refractivity contribution in [3.63, 3.8) is 0 Å². The minimum atomic E-state index is -2.60. The van der Waals surface area contributed by atoms with Gasteiger partial charge in [-0.3, -0.25) is 4.79 Å². The highest BCUT2D eigenvalue weighted by atomic mass is 79.9. The van der Waals surface area contributed by atoms with Gasteiger partial charge in [0.15, 0.2) is 0 Å². The second-order valence-corrected chi connectivity index (χ2v) is 3.98. The van der Waals surface area contributed by atoms with E-state index >= 15 is 0 Å². The first-order chi connectivity index (χ1) is 8.10. The van der Waals surface area contributed by atoms with E-state index in [0.717, 1.165) is 0 Å². The first-order valence-corrected chi connectivity index (χ1v) is 6.32. The molecule has 0 saturated heterocycles. The van der Waals surface area contributed by atoms with Crippen LogP contribution in [0.5, 0.6) is 5.75 Å². The van der Waals surface area contributed by atoms with Crippen LogP contribution in [0.15, 0.2) is 18.2 Å². The summed E-state index contributed by atoms with van der Waals surface area (Å²) in [6.45, 7) is 2.01. The molecule has 17 heavy (non-hydrogen) atoms. The lowest BCUT2D eigenvalue weighted by molar-refractivity contribution is -0.115. The van der Waals surface area contributed by atoms with E-state index in [2.05, 4.69) is 15.9 Å². The number of carbonyl (C=O) groups excluding carboxylic acids is 1. The molecule has 2 nitrogen and oxygen atoms in total. The average molecular weight is 307 g/mol. The average Bonchev–Trinajstić information content (AvgIpc) is 2.31. The van der Waals surface area contributed by atoms with Crippen molar-refractivity contribution in [2.45, 2.75) is 19.8 Å². The Morgan fingerprint density at radius 3 is 2.71 bits per heavy atom. The van der Waals surface area contributed by atoms with Gasteiger partial charge in [0.05, 0.1) is 17.5 Å². The molecule has 0 amide bonds. The molecule has 0 aliphatic carbocycles. The van der Waals surface area contributed by atoms with E-state index in [0.29, 0.717) is 12.2 Å². The maximum atomic E-state index is 12.8. The lowest BCUT2D eigenvalue weighted by Crippen LogP contribution is -2.08. The molecule has 0 unspecified atom stereocenters. The molecule has 5 heteroatoms. The number of ketones is 1.